The van der Waals surface area contributed by atoms with Crippen LogP contribution in [-0.2, 0) is 14.8 Å². The largest absolute Gasteiger partial charge is 0.371 e. The maximum Gasteiger partial charge on any atom is 0.243 e. The van der Waals surface area contributed by atoms with E-state index in [2.05, 4.69) is 16.8 Å². The fourth-order valence-corrected chi connectivity index (χ4v) is 5.14. The lowest BCUT2D eigenvalue weighted by Crippen LogP contribution is -2.40. The molecule has 0 aliphatic carbocycles. The highest BCUT2D eigenvalue weighted by Gasteiger charge is 2.28. The van der Waals surface area contributed by atoms with Crippen molar-refractivity contribution < 1.29 is 13.2 Å². The lowest BCUT2D eigenvalue weighted by Gasteiger charge is -2.33. The van der Waals surface area contributed by atoms with Crippen LogP contribution in [-0.4, -0.2) is 51.4 Å². The molecule has 1 N–H and O–H groups in total. The molecule has 2 saturated heterocycles. The quantitative estimate of drug-likeness (QED) is 0.770. The monoisotopic (exact) mass is 377 g/mol. The molecule has 1 aromatic rings. The maximum atomic E-state index is 12.6. The molecule has 142 valence electrons. The molecular weight excluding hydrogens is 350 g/mol. The highest BCUT2D eigenvalue weighted by atomic mass is 32.2. The van der Waals surface area contributed by atoms with Crippen LogP contribution in [0.5, 0.6) is 0 Å². The van der Waals surface area contributed by atoms with Gasteiger partial charge in [-0.25, -0.2) is 8.42 Å². The first-order valence-electron chi connectivity index (χ1n) is 9.26. The lowest BCUT2D eigenvalue weighted by molar-refractivity contribution is -0.125. The molecule has 7 heteroatoms. The molecule has 0 unspecified atom stereocenters. The number of piperidine rings is 1. The molecule has 0 bridgehead atoms. The van der Waals surface area contributed by atoms with Gasteiger partial charge < -0.3 is 10.2 Å². The van der Waals surface area contributed by atoms with E-state index in [4.69, 9.17) is 0 Å². The van der Waals surface area contributed by atoms with Gasteiger partial charge in [0.15, 0.2) is 0 Å². The summed E-state index contributed by atoms with van der Waals surface area (Å²) in [4.78, 5) is 14.6. The van der Waals surface area contributed by atoms with Crippen LogP contribution in [0.3, 0.4) is 0 Å². The Morgan fingerprint density at radius 3 is 2.31 bits per heavy atom. The minimum Gasteiger partial charge on any atom is -0.371 e. The molecule has 2 fully saturated rings. The van der Waals surface area contributed by atoms with E-state index in [0.29, 0.717) is 24.5 Å². The minimum absolute atomic E-state index is 0.0426. The third-order valence-corrected chi connectivity index (χ3v) is 7.10. The second-order valence-corrected chi connectivity index (χ2v) is 8.84. The smallest absolute Gasteiger partial charge is 0.243 e. The Hall–Kier alpha value is -1.86. The van der Waals surface area contributed by atoms with Crippen molar-refractivity contribution in [2.75, 3.05) is 37.6 Å². The van der Waals surface area contributed by atoms with Crippen LogP contribution >= 0.6 is 0 Å². The van der Waals surface area contributed by atoms with E-state index in [1.165, 1.54) is 0 Å². The molecular formula is C19H27N3O3S. The van der Waals surface area contributed by atoms with Gasteiger partial charge in [-0.1, -0.05) is 6.08 Å². The third-order valence-electron chi connectivity index (χ3n) is 5.19. The zero-order valence-corrected chi connectivity index (χ0v) is 15.9. The van der Waals surface area contributed by atoms with Crippen LogP contribution in [0.25, 0.3) is 0 Å². The second-order valence-electron chi connectivity index (χ2n) is 6.90. The summed E-state index contributed by atoms with van der Waals surface area (Å²) in [6, 6.07) is 7.15. The van der Waals surface area contributed by atoms with Gasteiger partial charge in [-0.3, -0.25) is 4.79 Å². The molecule has 3 rings (SSSR count). The maximum absolute atomic E-state index is 12.6. The SMILES string of the molecule is C=CCNC(=O)C1CCN(c2ccc(S(=O)(=O)N3CCCC3)cc2)CC1. The molecule has 1 amide bonds. The van der Waals surface area contributed by atoms with Gasteiger partial charge >= 0.3 is 0 Å². The van der Waals surface area contributed by atoms with Crippen LogP contribution in [0, 0.1) is 5.92 Å². The van der Waals surface area contributed by atoms with Crippen LogP contribution in [0.1, 0.15) is 25.7 Å². The Morgan fingerprint density at radius 1 is 1.12 bits per heavy atom. The first-order chi connectivity index (χ1) is 12.5. The van der Waals surface area contributed by atoms with E-state index in [-0.39, 0.29) is 11.8 Å². The summed E-state index contributed by atoms with van der Waals surface area (Å²) >= 11 is 0. The molecule has 1 aromatic carbocycles. The average Bonchev–Trinajstić information content (AvgIpc) is 3.22. The first kappa shape index (κ1) is 18.9. The van der Waals surface area contributed by atoms with E-state index in [1.54, 1.807) is 22.5 Å². The third kappa shape index (κ3) is 4.10. The number of hydrogen-bond donors (Lipinski definition) is 1. The lowest BCUT2D eigenvalue weighted by atomic mass is 9.95. The number of carbonyl (C=O) groups is 1. The van der Waals surface area contributed by atoms with Gasteiger partial charge in [0.2, 0.25) is 15.9 Å². The van der Waals surface area contributed by atoms with E-state index in [0.717, 1.165) is 44.5 Å². The summed E-state index contributed by atoms with van der Waals surface area (Å²) in [5.41, 5.74) is 1.01. The van der Waals surface area contributed by atoms with Gasteiger partial charge in [-0.2, -0.15) is 4.31 Å². The Morgan fingerprint density at radius 2 is 1.73 bits per heavy atom. The molecule has 2 aliphatic rings. The van der Waals surface area contributed by atoms with Crippen molar-refractivity contribution in [3.05, 3.63) is 36.9 Å². The summed E-state index contributed by atoms with van der Waals surface area (Å²) in [7, 11) is -3.36. The van der Waals surface area contributed by atoms with E-state index >= 15 is 0 Å². The Balaban J connectivity index is 1.60. The predicted molar refractivity (Wildman–Crippen MR) is 103 cm³/mol. The second kappa shape index (κ2) is 8.22. The molecule has 0 atom stereocenters. The number of sulfonamides is 1. The number of hydrogen-bond acceptors (Lipinski definition) is 4. The highest BCUT2D eigenvalue weighted by Crippen LogP contribution is 2.26. The average molecular weight is 378 g/mol. The van der Waals surface area contributed by atoms with Gasteiger partial charge in [-0.05, 0) is 49.9 Å². The van der Waals surface area contributed by atoms with Gasteiger partial charge in [0.05, 0.1) is 4.90 Å². The zero-order valence-electron chi connectivity index (χ0n) is 15.1. The molecule has 26 heavy (non-hydrogen) atoms. The number of amides is 1. The van der Waals surface area contributed by atoms with Gasteiger partial charge in [-0.15, -0.1) is 6.58 Å². The summed E-state index contributed by atoms with van der Waals surface area (Å²) in [5.74, 6) is 0.137. The molecule has 2 heterocycles. The van der Waals surface area contributed by atoms with Gasteiger partial charge in [0, 0.05) is 44.3 Å². The van der Waals surface area contributed by atoms with Gasteiger partial charge in [0.25, 0.3) is 0 Å². The van der Waals surface area contributed by atoms with Crippen molar-refractivity contribution in [2.24, 2.45) is 5.92 Å². The topological polar surface area (TPSA) is 69.7 Å². The van der Waals surface area contributed by atoms with E-state index in [1.807, 2.05) is 12.1 Å². The van der Waals surface area contributed by atoms with Crippen LogP contribution in [0.2, 0.25) is 0 Å². The summed E-state index contributed by atoms with van der Waals surface area (Å²) in [6.07, 6.45) is 5.16. The minimum atomic E-state index is -3.36. The predicted octanol–water partition coefficient (Wildman–Crippen LogP) is 1.99. The fourth-order valence-electron chi connectivity index (χ4n) is 3.62. The molecule has 0 saturated carbocycles. The van der Waals surface area contributed by atoms with Crippen LogP contribution < -0.4 is 10.2 Å². The Kier molecular flexibility index (Phi) is 5.98. The number of anilines is 1. The Labute approximate surface area is 155 Å². The number of nitrogens with one attached hydrogen (secondary N) is 1. The molecule has 6 nitrogen and oxygen atoms in total. The first-order valence-corrected chi connectivity index (χ1v) is 10.7. The summed E-state index contributed by atoms with van der Waals surface area (Å²) < 4.78 is 26.7. The number of nitrogens with zero attached hydrogens (tertiary/aromatic N) is 2. The molecule has 0 aromatic heterocycles. The highest BCUT2D eigenvalue weighted by molar-refractivity contribution is 7.89. The van der Waals surface area contributed by atoms with Crippen LogP contribution in [0.15, 0.2) is 41.8 Å². The number of benzene rings is 1. The summed E-state index contributed by atoms with van der Waals surface area (Å²) in [6.45, 7) is 6.94. The molecule has 0 radical (unpaired) electrons. The van der Waals surface area contributed by atoms with Crippen molar-refractivity contribution in [3.8, 4) is 0 Å². The van der Waals surface area contributed by atoms with Crippen molar-refractivity contribution in [1.82, 2.24) is 9.62 Å². The normalized spacial score (nSPS) is 19.5. The zero-order chi connectivity index (χ0) is 18.6. The van der Waals surface area contributed by atoms with Crippen molar-refractivity contribution >= 4 is 21.6 Å². The van der Waals surface area contributed by atoms with Crippen molar-refractivity contribution in [3.63, 3.8) is 0 Å². The van der Waals surface area contributed by atoms with E-state index < -0.39 is 10.0 Å². The number of rotatable bonds is 6. The van der Waals surface area contributed by atoms with Crippen molar-refractivity contribution in [1.29, 1.82) is 0 Å². The van der Waals surface area contributed by atoms with Gasteiger partial charge in [0.1, 0.15) is 0 Å². The van der Waals surface area contributed by atoms with E-state index in [9.17, 15) is 13.2 Å². The molecule has 2 aliphatic heterocycles. The van der Waals surface area contributed by atoms with Crippen molar-refractivity contribution in [2.45, 2.75) is 30.6 Å². The molecule has 0 spiro atoms. The standard InChI is InChI=1S/C19H27N3O3S/c1-2-11-20-19(23)16-9-14-21(15-10-16)17-5-7-18(8-6-17)26(24,25)22-12-3-4-13-22/h2,5-8,16H,1,3-4,9-15H2,(H,20,23). The fraction of sp³-hybridized carbons (Fsp3) is 0.526. The summed E-state index contributed by atoms with van der Waals surface area (Å²) in [5, 5.41) is 2.86. The van der Waals surface area contributed by atoms with Crippen LogP contribution in [0.4, 0.5) is 5.69 Å². The number of carbonyl (C=O) groups excluding carboxylic acids is 1. The Bertz CT molecular complexity index is 732.